The molecule has 0 fully saturated rings. The average Bonchev–Trinajstić information content (AvgIpc) is 1.96. The second-order valence-corrected chi connectivity index (χ2v) is 3.26. The Morgan fingerprint density at radius 3 is 2.45 bits per heavy atom. The molecule has 1 atom stereocenters. The van der Waals surface area contributed by atoms with Gasteiger partial charge in [0.25, 0.3) is 0 Å². The molecule has 0 aliphatic carbocycles. The van der Waals surface area contributed by atoms with Crippen molar-refractivity contribution in [3.05, 3.63) is 12.7 Å². The van der Waals surface area contributed by atoms with Crippen LogP contribution in [0.15, 0.2) is 12.7 Å². The van der Waals surface area contributed by atoms with Gasteiger partial charge in [0.2, 0.25) is 0 Å². The summed E-state index contributed by atoms with van der Waals surface area (Å²) in [7, 11) is 0. The number of allylic oxidation sites excluding steroid dienone is 1. The highest BCUT2D eigenvalue weighted by Gasteiger charge is 1.93. The Bertz CT molecular complexity index is 86.9. The Balaban J connectivity index is 2.85. The van der Waals surface area contributed by atoms with Gasteiger partial charge in [0, 0.05) is 6.04 Å². The fraction of sp³-hybridized carbons (Fsp3) is 0.800. The Morgan fingerprint density at radius 2 is 1.91 bits per heavy atom. The van der Waals surface area contributed by atoms with Crippen molar-refractivity contribution in [3.63, 3.8) is 0 Å². The largest absolute Gasteiger partial charge is 0.328 e. The normalized spacial score (nSPS) is 12.9. The van der Waals surface area contributed by atoms with Gasteiger partial charge in [-0.3, -0.25) is 0 Å². The van der Waals surface area contributed by atoms with Crippen LogP contribution in [0.25, 0.3) is 0 Å². The Labute approximate surface area is 70.7 Å². The maximum Gasteiger partial charge on any atom is 0.00104 e. The number of hydrogen-bond acceptors (Lipinski definition) is 1. The summed E-state index contributed by atoms with van der Waals surface area (Å²) in [5.74, 6) is 0. The number of unbranched alkanes of at least 4 members (excludes halogenated alkanes) is 4. The first-order valence-corrected chi connectivity index (χ1v) is 4.64. The third kappa shape index (κ3) is 9.70. The van der Waals surface area contributed by atoms with Gasteiger partial charge in [0.05, 0.1) is 0 Å². The van der Waals surface area contributed by atoms with E-state index in [4.69, 9.17) is 5.73 Å². The van der Waals surface area contributed by atoms with Gasteiger partial charge in [-0.1, -0.05) is 25.3 Å². The molecule has 0 aromatic rings. The smallest absolute Gasteiger partial charge is 0.00104 e. The fourth-order valence-electron chi connectivity index (χ4n) is 1.11. The van der Waals surface area contributed by atoms with Crippen molar-refractivity contribution in [2.75, 3.05) is 0 Å². The molecule has 0 bridgehead atoms. The molecule has 0 heterocycles. The first-order chi connectivity index (χ1) is 5.27. The highest BCUT2D eigenvalue weighted by molar-refractivity contribution is 4.65. The lowest BCUT2D eigenvalue weighted by atomic mass is 10.1. The van der Waals surface area contributed by atoms with E-state index in [0.717, 1.165) is 6.42 Å². The molecule has 1 heteroatoms. The van der Waals surface area contributed by atoms with Crippen LogP contribution in [0, 0.1) is 0 Å². The molecule has 0 aliphatic rings. The van der Waals surface area contributed by atoms with Crippen molar-refractivity contribution in [1.82, 2.24) is 0 Å². The zero-order valence-corrected chi connectivity index (χ0v) is 7.68. The molecular formula is C10H21N. The molecule has 0 radical (unpaired) electrons. The summed E-state index contributed by atoms with van der Waals surface area (Å²) in [5.41, 5.74) is 5.62. The molecule has 1 nitrogen and oxygen atoms in total. The van der Waals surface area contributed by atoms with E-state index in [1.165, 1.54) is 32.1 Å². The monoisotopic (exact) mass is 155 g/mol. The Kier molecular flexibility index (Phi) is 7.59. The molecule has 11 heavy (non-hydrogen) atoms. The van der Waals surface area contributed by atoms with Crippen molar-refractivity contribution >= 4 is 0 Å². The lowest BCUT2D eigenvalue weighted by Crippen LogP contribution is -2.13. The molecule has 0 amide bonds. The van der Waals surface area contributed by atoms with Gasteiger partial charge < -0.3 is 5.73 Å². The average molecular weight is 155 g/mol. The van der Waals surface area contributed by atoms with E-state index < -0.39 is 0 Å². The molecule has 0 saturated carbocycles. The summed E-state index contributed by atoms with van der Waals surface area (Å²) in [6.07, 6.45) is 9.57. The minimum atomic E-state index is 0.384. The standard InChI is InChI=1S/C10H21N/c1-3-4-5-6-7-8-9-10(2)11/h3,10H,1,4-9,11H2,2H3. The zero-order valence-electron chi connectivity index (χ0n) is 7.68. The maximum atomic E-state index is 5.62. The van der Waals surface area contributed by atoms with Gasteiger partial charge >= 0.3 is 0 Å². The number of hydrogen-bond donors (Lipinski definition) is 1. The van der Waals surface area contributed by atoms with E-state index >= 15 is 0 Å². The topological polar surface area (TPSA) is 26.0 Å². The van der Waals surface area contributed by atoms with Crippen LogP contribution < -0.4 is 5.73 Å². The van der Waals surface area contributed by atoms with Crippen LogP contribution >= 0.6 is 0 Å². The van der Waals surface area contributed by atoms with E-state index in [2.05, 4.69) is 13.5 Å². The van der Waals surface area contributed by atoms with E-state index in [0.29, 0.717) is 6.04 Å². The first-order valence-electron chi connectivity index (χ1n) is 4.64. The van der Waals surface area contributed by atoms with Gasteiger partial charge in [-0.2, -0.15) is 0 Å². The third-order valence-corrected chi connectivity index (χ3v) is 1.82. The van der Waals surface area contributed by atoms with Gasteiger partial charge in [-0.05, 0) is 26.2 Å². The summed E-state index contributed by atoms with van der Waals surface area (Å²) in [5, 5.41) is 0. The molecule has 0 aromatic carbocycles. The van der Waals surface area contributed by atoms with E-state index in [1.54, 1.807) is 0 Å². The van der Waals surface area contributed by atoms with Crippen LogP contribution in [-0.4, -0.2) is 6.04 Å². The molecule has 0 rings (SSSR count). The van der Waals surface area contributed by atoms with Gasteiger partial charge in [0.15, 0.2) is 0 Å². The minimum absolute atomic E-state index is 0.384. The lowest BCUT2D eigenvalue weighted by molar-refractivity contribution is 0.568. The molecule has 0 aromatic heterocycles. The van der Waals surface area contributed by atoms with Crippen LogP contribution in [0.1, 0.15) is 45.4 Å². The molecule has 1 unspecified atom stereocenters. The molecule has 0 saturated heterocycles. The van der Waals surface area contributed by atoms with Crippen molar-refractivity contribution in [3.8, 4) is 0 Å². The van der Waals surface area contributed by atoms with Crippen LogP contribution in [-0.2, 0) is 0 Å². The summed E-state index contributed by atoms with van der Waals surface area (Å²) in [6, 6.07) is 0.384. The molecule has 0 spiro atoms. The van der Waals surface area contributed by atoms with Crippen molar-refractivity contribution in [2.45, 2.75) is 51.5 Å². The first kappa shape index (κ1) is 10.7. The van der Waals surface area contributed by atoms with Crippen molar-refractivity contribution in [1.29, 1.82) is 0 Å². The molecule has 2 N–H and O–H groups in total. The Hall–Kier alpha value is -0.300. The van der Waals surface area contributed by atoms with Crippen LogP contribution in [0.2, 0.25) is 0 Å². The third-order valence-electron chi connectivity index (χ3n) is 1.82. The van der Waals surface area contributed by atoms with Crippen molar-refractivity contribution < 1.29 is 0 Å². The molecular weight excluding hydrogens is 134 g/mol. The highest BCUT2D eigenvalue weighted by Crippen LogP contribution is 2.06. The number of rotatable bonds is 7. The summed E-state index contributed by atoms with van der Waals surface area (Å²) in [4.78, 5) is 0. The van der Waals surface area contributed by atoms with Crippen molar-refractivity contribution in [2.24, 2.45) is 5.73 Å². The zero-order chi connectivity index (χ0) is 8.53. The van der Waals surface area contributed by atoms with Gasteiger partial charge in [-0.25, -0.2) is 0 Å². The predicted molar refractivity (Wildman–Crippen MR) is 51.5 cm³/mol. The lowest BCUT2D eigenvalue weighted by Gasteiger charge is -2.03. The van der Waals surface area contributed by atoms with E-state index in [9.17, 15) is 0 Å². The van der Waals surface area contributed by atoms with Gasteiger partial charge in [0.1, 0.15) is 0 Å². The predicted octanol–water partition coefficient (Wildman–Crippen LogP) is 2.86. The molecule has 66 valence electrons. The summed E-state index contributed by atoms with van der Waals surface area (Å²) >= 11 is 0. The molecule has 0 aliphatic heterocycles. The minimum Gasteiger partial charge on any atom is -0.328 e. The SMILES string of the molecule is C=CCCCCCCC(C)N. The Morgan fingerprint density at radius 1 is 1.27 bits per heavy atom. The number of nitrogens with two attached hydrogens (primary N) is 1. The fourth-order valence-corrected chi connectivity index (χ4v) is 1.11. The summed E-state index contributed by atoms with van der Waals surface area (Å²) < 4.78 is 0. The second-order valence-electron chi connectivity index (χ2n) is 3.26. The van der Waals surface area contributed by atoms with E-state index in [1.807, 2.05) is 6.08 Å². The quantitative estimate of drug-likeness (QED) is 0.444. The van der Waals surface area contributed by atoms with Crippen LogP contribution in [0.4, 0.5) is 0 Å². The maximum absolute atomic E-state index is 5.62. The summed E-state index contributed by atoms with van der Waals surface area (Å²) in [6.45, 7) is 5.76. The van der Waals surface area contributed by atoms with Crippen LogP contribution in [0.5, 0.6) is 0 Å². The van der Waals surface area contributed by atoms with Gasteiger partial charge in [-0.15, -0.1) is 6.58 Å². The highest BCUT2D eigenvalue weighted by atomic mass is 14.6. The van der Waals surface area contributed by atoms with Crippen LogP contribution in [0.3, 0.4) is 0 Å². The second kappa shape index (κ2) is 7.80. The van der Waals surface area contributed by atoms with E-state index in [-0.39, 0.29) is 0 Å².